The van der Waals surface area contributed by atoms with Crippen LogP contribution < -0.4 is 0 Å². The Hall–Kier alpha value is -2.14. The van der Waals surface area contributed by atoms with Crippen molar-refractivity contribution in [2.45, 2.75) is 0 Å². The predicted octanol–water partition coefficient (Wildman–Crippen LogP) is 1.92. The molecule has 0 saturated heterocycles. The van der Waals surface area contributed by atoms with Crippen LogP contribution in [0, 0.1) is 0 Å². The van der Waals surface area contributed by atoms with Crippen molar-refractivity contribution in [1.29, 1.82) is 0 Å². The molecule has 6 heteroatoms. The van der Waals surface area contributed by atoms with E-state index in [2.05, 4.69) is 5.10 Å². The van der Waals surface area contributed by atoms with Gasteiger partial charge in [0, 0.05) is 16.8 Å². The number of hydrogen-bond donors (Lipinski definition) is 1. The molecule has 0 fully saturated rings. The number of rotatable bonds is 2. The Morgan fingerprint density at radius 2 is 2.06 bits per heavy atom. The molecule has 1 N–H and O–H groups in total. The first-order chi connectivity index (χ1) is 8.08. The van der Waals surface area contributed by atoms with Gasteiger partial charge < -0.3 is 5.11 Å². The van der Waals surface area contributed by atoms with E-state index in [0.717, 1.165) is 4.68 Å². The number of carbonyl (C=O) groups excluding carboxylic acids is 1. The summed E-state index contributed by atoms with van der Waals surface area (Å²) in [7, 11) is 0. The van der Waals surface area contributed by atoms with E-state index in [0.29, 0.717) is 10.6 Å². The van der Waals surface area contributed by atoms with Crippen molar-refractivity contribution in [2.75, 3.05) is 0 Å². The molecule has 0 bridgehead atoms. The van der Waals surface area contributed by atoms with Gasteiger partial charge in [0.2, 0.25) is 0 Å². The Balaban J connectivity index is 2.34. The zero-order valence-electron chi connectivity index (χ0n) is 8.50. The average molecular weight is 251 g/mol. The van der Waals surface area contributed by atoms with Gasteiger partial charge in [0.05, 0.1) is 0 Å². The Kier molecular flexibility index (Phi) is 2.93. The van der Waals surface area contributed by atoms with Crippen LogP contribution >= 0.6 is 11.6 Å². The molecule has 0 spiro atoms. The van der Waals surface area contributed by atoms with Gasteiger partial charge in [-0.2, -0.15) is 5.10 Å². The third kappa shape index (κ3) is 2.34. The predicted molar refractivity (Wildman–Crippen MR) is 60.4 cm³/mol. The van der Waals surface area contributed by atoms with Gasteiger partial charge in [-0.05, 0) is 24.3 Å². The smallest absolute Gasteiger partial charge is 0.356 e. The molecule has 1 aromatic carbocycles. The standard InChI is InChI=1S/C11H7ClN2O3/c12-8-3-1-2-7(6-8)10(15)14-5-4-9(13-14)11(16)17/h1-6H,(H,16,17). The third-order valence-electron chi connectivity index (χ3n) is 2.09. The largest absolute Gasteiger partial charge is 0.476 e. The first-order valence-corrected chi connectivity index (χ1v) is 5.05. The van der Waals surface area contributed by atoms with Crippen LogP contribution in [0.25, 0.3) is 0 Å². The first kappa shape index (κ1) is 11.3. The van der Waals surface area contributed by atoms with Gasteiger partial charge in [-0.25, -0.2) is 9.48 Å². The topological polar surface area (TPSA) is 72.2 Å². The number of aromatic nitrogens is 2. The van der Waals surface area contributed by atoms with E-state index >= 15 is 0 Å². The normalized spacial score (nSPS) is 10.2. The highest BCUT2D eigenvalue weighted by molar-refractivity contribution is 6.30. The van der Waals surface area contributed by atoms with Crippen molar-refractivity contribution >= 4 is 23.5 Å². The molecule has 2 aromatic rings. The number of carbonyl (C=O) groups is 2. The van der Waals surface area contributed by atoms with Crippen LogP contribution in [0.3, 0.4) is 0 Å². The van der Waals surface area contributed by atoms with E-state index < -0.39 is 11.9 Å². The number of nitrogens with zero attached hydrogens (tertiary/aromatic N) is 2. The van der Waals surface area contributed by atoms with Crippen molar-refractivity contribution in [1.82, 2.24) is 9.78 Å². The fourth-order valence-electron chi connectivity index (χ4n) is 1.30. The van der Waals surface area contributed by atoms with Gasteiger partial charge in [-0.1, -0.05) is 17.7 Å². The summed E-state index contributed by atoms with van der Waals surface area (Å²) < 4.78 is 0.967. The van der Waals surface area contributed by atoms with Crippen molar-refractivity contribution in [3.8, 4) is 0 Å². The highest BCUT2D eigenvalue weighted by Gasteiger charge is 2.13. The van der Waals surface area contributed by atoms with Gasteiger partial charge in [-0.3, -0.25) is 4.79 Å². The number of carboxylic acid groups (broad SMARTS) is 1. The summed E-state index contributed by atoms with van der Waals surface area (Å²) in [6.45, 7) is 0. The minimum absolute atomic E-state index is 0.180. The molecular weight excluding hydrogens is 244 g/mol. The monoisotopic (exact) mass is 250 g/mol. The number of benzene rings is 1. The van der Waals surface area contributed by atoms with Crippen LogP contribution in [-0.2, 0) is 0 Å². The molecule has 0 amide bonds. The van der Waals surface area contributed by atoms with Crippen molar-refractivity contribution in [3.63, 3.8) is 0 Å². The summed E-state index contributed by atoms with van der Waals surface area (Å²) >= 11 is 5.76. The third-order valence-corrected chi connectivity index (χ3v) is 2.32. The van der Waals surface area contributed by atoms with Crippen LogP contribution in [-0.4, -0.2) is 26.8 Å². The summed E-state index contributed by atoms with van der Waals surface area (Å²) in [4.78, 5) is 22.5. The lowest BCUT2D eigenvalue weighted by Crippen LogP contribution is -2.13. The SMILES string of the molecule is O=C(O)c1ccn(C(=O)c2cccc(Cl)c2)n1. The van der Waals surface area contributed by atoms with Crippen molar-refractivity contribution in [3.05, 3.63) is 52.8 Å². The quantitative estimate of drug-likeness (QED) is 0.884. The van der Waals surface area contributed by atoms with Gasteiger partial charge in [0.25, 0.3) is 5.91 Å². The second-order valence-corrected chi connectivity index (χ2v) is 3.70. The molecule has 0 aliphatic heterocycles. The average Bonchev–Trinajstić information content (AvgIpc) is 2.77. The summed E-state index contributed by atoms with van der Waals surface area (Å²) in [6, 6.07) is 7.61. The highest BCUT2D eigenvalue weighted by atomic mass is 35.5. The van der Waals surface area contributed by atoms with Crippen LogP contribution in [0.1, 0.15) is 20.8 Å². The van der Waals surface area contributed by atoms with Crippen molar-refractivity contribution in [2.24, 2.45) is 0 Å². The molecule has 17 heavy (non-hydrogen) atoms. The summed E-state index contributed by atoms with van der Waals surface area (Å²) in [5, 5.41) is 12.8. The van der Waals surface area contributed by atoms with E-state index in [1.165, 1.54) is 18.3 Å². The van der Waals surface area contributed by atoms with Crippen molar-refractivity contribution < 1.29 is 14.7 Å². The van der Waals surface area contributed by atoms with Gasteiger partial charge in [0.15, 0.2) is 5.69 Å². The van der Waals surface area contributed by atoms with Crippen LogP contribution in [0.4, 0.5) is 0 Å². The molecule has 0 unspecified atom stereocenters. The highest BCUT2D eigenvalue weighted by Crippen LogP contribution is 2.12. The molecule has 0 aliphatic rings. The Morgan fingerprint density at radius 3 is 2.65 bits per heavy atom. The minimum Gasteiger partial charge on any atom is -0.476 e. The number of aromatic carboxylic acids is 1. The lowest BCUT2D eigenvalue weighted by molar-refractivity contribution is 0.0689. The van der Waals surface area contributed by atoms with E-state index in [9.17, 15) is 9.59 Å². The molecule has 0 aliphatic carbocycles. The fourth-order valence-corrected chi connectivity index (χ4v) is 1.50. The molecule has 1 heterocycles. The van der Waals surface area contributed by atoms with E-state index in [1.54, 1.807) is 18.2 Å². The lowest BCUT2D eigenvalue weighted by atomic mass is 10.2. The minimum atomic E-state index is -1.18. The molecule has 0 radical (unpaired) electrons. The van der Waals surface area contributed by atoms with Crippen LogP contribution in [0.15, 0.2) is 36.5 Å². The van der Waals surface area contributed by atoms with Gasteiger partial charge >= 0.3 is 5.97 Å². The molecule has 0 atom stereocenters. The second kappa shape index (κ2) is 4.39. The van der Waals surface area contributed by atoms with Crippen LogP contribution in [0.2, 0.25) is 5.02 Å². The Labute approximate surface area is 101 Å². The molecule has 0 saturated carbocycles. The summed E-state index contributed by atoms with van der Waals surface area (Å²) in [6.07, 6.45) is 1.30. The maximum atomic E-state index is 11.9. The maximum Gasteiger partial charge on any atom is 0.356 e. The van der Waals surface area contributed by atoms with E-state index in [-0.39, 0.29) is 5.69 Å². The summed E-state index contributed by atoms with van der Waals surface area (Å²) in [5.41, 5.74) is 0.165. The number of hydrogen-bond acceptors (Lipinski definition) is 3. The Bertz CT molecular complexity index is 592. The zero-order chi connectivity index (χ0) is 12.4. The van der Waals surface area contributed by atoms with Gasteiger partial charge in [-0.15, -0.1) is 0 Å². The number of carboxylic acids is 1. The second-order valence-electron chi connectivity index (χ2n) is 3.27. The Morgan fingerprint density at radius 1 is 1.29 bits per heavy atom. The molecular formula is C11H7ClN2O3. The maximum absolute atomic E-state index is 11.9. The van der Waals surface area contributed by atoms with E-state index in [1.807, 2.05) is 0 Å². The first-order valence-electron chi connectivity index (χ1n) is 4.67. The van der Waals surface area contributed by atoms with E-state index in [4.69, 9.17) is 16.7 Å². The van der Waals surface area contributed by atoms with Crippen LogP contribution in [0.5, 0.6) is 0 Å². The zero-order valence-corrected chi connectivity index (χ0v) is 9.26. The molecule has 86 valence electrons. The number of halogens is 1. The van der Waals surface area contributed by atoms with Gasteiger partial charge in [0.1, 0.15) is 0 Å². The molecule has 5 nitrogen and oxygen atoms in total. The lowest BCUT2D eigenvalue weighted by Gasteiger charge is -2.00. The molecule has 1 aromatic heterocycles. The summed E-state index contributed by atoms with van der Waals surface area (Å²) in [5.74, 6) is -1.61. The molecule has 2 rings (SSSR count). The fraction of sp³-hybridized carbons (Fsp3) is 0.